The molecule has 0 fully saturated rings. The average Bonchev–Trinajstić information content (AvgIpc) is 2.49. The summed E-state index contributed by atoms with van der Waals surface area (Å²) in [4.78, 5) is 11.5. The van der Waals surface area contributed by atoms with Crippen LogP contribution in [0.15, 0.2) is 45.3 Å². The van der Waals surface area contributed by atoms with Crippen molar-refractivity contribution >= 4 is 43.5 Å². The topological polar surface area (TPSA) is 38.3 Å². The van der Waals surface area contributed by atoms with Crippen molar-refractivity contribution < 1.29 is 9.53 Å². The second-order valence-corrected chi connectivity index (χ2v) is 6.27. The molecule has 0 saturated carbocycles. The SMILES string of the molecule is COC(=O)c1ccc(CNc2cccc(Br)c2C)c(Br)c1. The van der Waals surface area contributed by atoms with Crippen LogP contribution in [0, 0.1) is 6.92 Å². The molecule has 0 unspecified atom stereocenters. The smallest absolute Gasteiger partial charge is 0.337 e. The normalized spacial score (nSPS) is 10.3. The first-order chi connectivity index (χ1) is 10.0. The van der Waals surface area contributed by atoms with Crippen LogP contribution in [0.25, 0.3) is 0 Å². The molecule has 0 amide bonds. The molecule has 0 aromatic heterocycles. The second-order valence-electron chi connectivity index (χ2n) is 4.56. The maximum Gasteiger partial charge on any atom is 0.337 e. The van der Waals surface area contributed by atoms with Crippen LogP contribution < -0.4 is 5.32 Å². The highest BCUT2D eigenvalue weighted by molar-refractivity contribution is 9.10. The predicted molar refractivity (Wildman–Crippen MR) is 91.7 cm³/mol. The summed E-state index contributed by atoms with van der Waals surface area (Å²) in [5.41, 5.74) is 3.85. The highest BCUT2D eigenvalue weighted by atomic mass is 79.9. The Labute approximate surface area is 141 Å². The molecule has 5 heteroatoms. The fourth-order valence-electron chi connectivity index (χ4n) is 1.92. The number of rotatable bonds is 4. The van der Waals surface area contributed by atoms with Gasteiger partial charge in [0, 0.05) is 21.2 Å². The fraction of sp³-hybridized carbons (Fsp3) is 0.188. The molecule has 1 N–H and O–H groups in total. The van der Waals surface area contributed by atoms with Crippen LogP contribution in [-0.2, 0) is 11.3 Å². The third kappa shape index (κ3) is 3.86. The van der Waals surface area contributed by atoms with Crippen LogP contribution in [0.5, 0.6) is 0 Å². The van der Waals surface area contributed by atoms with Crippen molar-refractivity contribution in [2.75, 3.05) is 12.4 Å². The summed E-state index contributed by atoms with van der Waals surface area (Å²) in [6.45, 7) is 2.72. The number of benzene rings is 2. The third-order valence-corrected chi connectivity index (χ3v) is 4.81. The number of anilines is 1. The fourth-order valence-corrected chi connectivity index (χ4v) is 2.81. The first-order valence-corrected chi connectivity index (χ1v) is 7.97. The molecule has 0 atom stereocenters. The zero-order valence-corrected chi connectivity index (χ0v) is 14.9. The van der Waals surface area contributed by atoms with Gasteiger partial charge in [0.05, 0.1) is 12.7 Å². The van der Waals surface area contributed by atoms with Crippen LogP contribution in [0.2, 0.25) is 0 Å². The van der Waals surface area contributed by atoms with E-state index in [9.17, 15) is 4.79 Å². The lowest BCUT2D eigenvalue weighted by Gasteiger charge is -2.12. The van der Waals surface area contributed by atoms with Gasteiger partial charge in [-0.1, -0.05) is 44.0 Å². The Morgan fingerprint density at radius 2 is 1.95 bits per heavy atom. The zero-order valence-electron chi connectivity index (χ0n) is 11.7. The van der Waals surface area contributed by atoms with Crippen molar-refractivity contribution in [1.29, 1.82) is 0 Å². The Morgan fingerprint density at radius 3 is 2.62 bits per heavy atom. The summed E-state index contributed by atoms with van der Waals surface area (Å²) in [6, 6.07) is 11.5. The summed E-state index contributed by atoms with van der Waals surface area (Å²) in [6.07, 6.45) is 0. The molecule has 0 bridgehead atoms. The van der Waals surface area contributed by atoms with E-state index in [2.05, 4.69) is 44.1 Å². The summed E-state index contributed by atoms with van der Waals surface area (Å²) in [5.74, 6) is -0.335. The number of hydrogen-bond donors (Lipinski definition) is 1. The number of esters is 1. The second kappa shape index (κ2) is 7.09. The van der Waals surface area contributed by atoms with Crippen molar-refractivity contribution in [3.05, 3.63) is 62.0 Å². The standard InChI is InChI=1S/C16H15Br2NO2/c1-10-13(17)4-3-5-15(10)19-9-12-7-6-11(8-14(12)18)16(20)21-2/h3-8,19H,9H2,1-2H3. The Balaban J connectivity index is 2.13. The highest BCUT2D eigenvalue weighted by Gasteiger charge is 2.09. The molecule has 0 aliphatic heterocycles. The summed E-state index contributed by atoms with van der Waals surface area (Å²) in [7, 11) is 1.38. The van der Waals surface area contributed by atoms with E-state index in [1.807, 2.05) is 24.3 Å². The van der Waals surface area contributed by atoms with Crippen molar-refractivity contribution in [1.82, 2.24) is 0 Å². The van der Waals surface area contributed by atoms with E-state index in [4.69, 9.17) is 4.74 Å². The van der Waals surface area contributed by atoms with E-state index in [0.29, 0.717) is 12.1 Å². The molecule has 0 heterocycles. The van der Waals surface area contributed by atoms with Gasteiger partial charge in [0.1, 0.15) is 0 Å². The molecular weight excluding hydrogens is 398 g/mol. The maximum atomic E-state index is 11.5. The lowest BCUT2D eigenvalue weighted by Crippen LogP contribution is -2.05. The number of carbonyl (C=O) groups is 1. The molecule has 110 valence electrons. The number of hydrogen-bond acceptors (Lipinski definition) is 3. The highest BCUT2D eigenvalue weighted by Crippen LogP contribution is 2.25. The van der Waals surface area contributed by atoms with E-state index < -0.39 is 0 Å². The molecule has 2 rings (SSSR count). The Morgan fingerprint density at radius 1 is 1.19 bits per heavy atom. The predicted octanol–water partition coefficient (Wildman–Crippen LogP) is 4.92. The minimum absolute atomic E-state index is 0.335. The number of ether oxygens (including phenoxy) is 1. The number of halogens is 2. The van der Waals surface area contributed by atoms with E-state index in [1.165, 1.54) is 12.7 Å². The van der Waals surface area contributed by atoms with E-state index >= 15 is 0 Å². The lowest BCUT2D eigenvalue weighted by molar-refractivity contribution is 0.0600. The molecule has 3 nitrogen and oxygen atoms in total. The van der Waals surface area contributed by atoms with Gasteiger partial charge >= 0.3 is 5.97 Å². The van der Waals surface area contributed by atoms with Crippen molar-refractivity contribution in [2.45, 2.75) is 13.5 Å². The van der Waals surface area contributed by atoms with E-state index in [-0.39, 0.29) is 5.97 Å². The van der Waals surface area contributed by atoms with Crippen molar-refractivity contribution in [2.24, 2.45) is 0 Å². The summed E-state index contributed by atoms with van der Waals surface area (Å²) >= 11 is 7.01. The monoisotopic (exact) mass is 411 g/mol. The minimum Gasteiger partial charge on any atom is -0.465 e. The van der Waals surface area contributed by atoms with Gasteiger partial charge in [-0.3, -0.25) is 0 Å². The molecule has 0 radical (unpaired) electrons. The molecule has 0 aliphatic rings. The van der Waals surface area contributed by atoms with Crippen LogP contribution in [0.1, 0.15) is 21.5 Å². The van der Waals surface area contributed by atoms with Gasteiger partial charge < -0.3 is 10.1 Å². The zero-order chi connectivity index (χ0) is 15.4. The van der Waals surface area contributed by atoms with Gasteiger partial charge in [0.2, 0.25) is 0 Å². The van der Waals surface area contributed by atoms with Gasteiger partial charge in [0.25, 0.3) is 0 Å². The average molecular weight is 413 g/mol. The van der Waals surface area contributed by atoms with Crippen molar-refractivity contribution in [3.63, 3.8) is 0 Å². The van der Waals surface area contributed by atoms with Gasteiger partial charge in [-0.15, -0.1) is 0 Å². The minimum atomic E-state index is -0.335. The number of carbonyl (C=O) groups excluding carboxylic acids is 1. The van der Waals surface area contributed by atoms with Crippen LogP contribution in [-0.4, -0.2) is 13.1 Å². The Hall–Kier alpha value is -1.33. The van der Waals surface area contributed by atoms with Gasteiger partial charge in [-0.2, -0.15) is 0 Å². The molecule has 2 aromatic carbocycles. The van der Waals surface area contributed by atoms with Crippen LogP contribution in [0.4, 0.5) is 5.69 Å². The largest absolute Gasteiger partial charge is 0.465 e. The summed E-state index contributed by atoms with van der Waals surface area (Å²) in [5, 5.41) is 3.40. The molecule has 21 heavy (non-hydrogen) atoms. The van der Waals surface area contributed by atoms with Crippen LogP contribution >= 0.6 is 31.9 Å². The van der Waals surface area contributed by atoms with Crippen molar-refractivity contribution in [3.8, 4) is 0 Å². The molecule has 0 saturated heterocycles. The number of nitrogens with one attached hydrogen (secondary N) is 1. The first kappa shape index (κ1) is 16.0. The Kier molecular flexibility index (Phi) is 5.42. The molecule has 0 spiro atoms. The summed E-state index contributed by atoms with van der Waals surface area (Å²) < 4.78 is 6.67. The quantitative estimate of drug-likeness (QED) is 0.724. The first-order valence-electron chi connectivity index (χ1n) is 6.38. The van der Waals surface area contributed by atoms with Gasteiger partial charge in [-0.25, -0.2) is 4.79 Å². The molecule has 2 aromatic rings. The number of methoxy groups -OCH3 is 1. The van der Waals surface area contributed by atoms with Gasteiger partial charge in [0.15, 0.2) is 0 Å². The van der Waals surface area contributed by atoms with E-state index in [0.717, 1.165) is 20.2 Å². The molecule has 0 aliphatic carbocycles. The van der Waals surface area contributed by atoms with Gasteiger partial charge in [-0.05, 0) is 42.3 Å². The van der Waals surface area contributed by atoms with E-state index in [1.54, 1.807) is 12.1 Å². The van der Waals surface area contributed by atoms with Crippen LogP contribution in [0.3, 0.4) is 0 Å². The Bertz CT molecular complexity index is 671. The molecular formula is C16H15Br2NO2. The lowest BCUT2D eigenvalue weighted by atomic mass is 10.1. The maximum absolute atomic E-state index is 11.5. The third-order valence-electron chi connectivity index (χ3n) is 3.21.